The molecule has 0 saturated carbocycles. The minimum absolute atomic E-state index is 0.0723. The maximum Gasteiger partial charge on any atom is 0.223 e. The summed E-state index contributed by atoms with van der Waals surface area (Å²) in [7, 11) is 1.73. The standard InChI is InChI=1S/C21H17F2N3O2S/c1-26(12-20-25-16-4-2-3-5-18(16)29-20)21(27)9-8-19-24-11-17(28-19)14-7-6-13(22)10-15(14)23/h2-7,10-11H,8-9,12H2,1H3. The molecule has 5 nitrogen and oxygen atoms in total. The number of hydrogen-bond donors (Lipinski definition) is 0. The molecule has 29 heavy (non-hydrogen) atoms. The van der Waals surface area contributed by atoms with Gasteiger partial charge in [-0.1, -0.05) is 12.1 Å². The van der Waals surface area contributed by atoms with Gasteiger partial charge in [0, 0.05) is 26.0 Å². The second kappa shape index (κ2) is 8.08. The van der Waals surface area contributed by atoms with Crippen molar-refractivity contribution in [1.82, 2.24) is 14.9 Å². The maximum atomic E-state index is 13.9. The van der Waals surface area contributed by atoms with Gasteiger partial charge < -0.3 is 9.32 Å². The highest BCUT2D eigenvalue weighted by Crippen LogP contribution is 2.25. The molecule has 0 N–H and O–H groups in total. The van der Waals surface area contributed by atoms with Gasteiger partial charge in [0.2, 0.25) is 5.91 Å². The van der Waals surface area contributed by atoms with E-state index in [2.05, 4.69) is 9.97 Å². The van der Waals surface area contributed by atoms with Gasteiger partial charge >= 0.3 is 0 Å². The molecule has 0 saturated heterocycles. The van der Waals surface area contributed by atoms with Crippen LogP contribution in [0.3, 0.4) is 0 Å². The first-order valence-electron chi connectivity index (χ1n) is 8.98. The van der Waals surface area contributed by atoms with Crippen LogP contribution in [-0.4, -0.2) is 27.8 Å². The molecule has 1 amide bonds. The second-order valence-corrected chi connectivity index (χ2v) is 7.68. The number of rotatable bonds is 6. The van der Waals surface area contributed by atoms with Crippen molar-refractivity contribution in [2.45, 2.75) is 19.4 Å². The lowest BCUT2D eigenvalue weighted by Gasteiger charge is -2.14. The Morgan fingerprint density at radius 3 is 2.83 bits per heavy atom. The Morgan fingerprint density at radius 2 is 2.03 bits per heavy atom. The number of amides is 1. The molecule has 2 aromatic carbocycles. The minimum Gasteiger partial charge on any atom is -0.441 e. The fourth-order valence-electron chi connectivity index (χ4n) is 2.92. The predicted octanol–water partition coefficient (Wildman–Crippen LogP) is 4.82. The van der Waals surface area contributed by atoms with E-state index in [1.807, 2.05) is 24.3 Å². The quantitative estimate of drug-likeness (QED) is 0.455. The normalized spacial score (nSPS) is 11.1. The van der Waals surface area contributed by atoms with Crippen LogP contribution in [0.15, 0.2) is 53.1 Å². The van der Waals surface area contributed by atoms with Crippen LogP contribution in [0, 0.1) is 11.6 Å². The Balaban J connectivity index is 1.36. The Hall–Kier alpha value is -3.13. The summed E-state index contributed by atoms with van der Waals surface area (Å²) in [5.74, 6) is -0.928. The smallest absolute Gasteiger partial charge is 0.223 e. The molecule has 0 radical (unpaired) electrons. The fraction of sp³-hybridized carbons (Fsp3) is 0.190. The van der Waals surface area contributed by atoms with Crippen LogP contribution in [0.1, 0.15) is 17.3 Å². The molecule has 0 bridgehead atoms. The largest absolute Gasteiger partial charge is 0.441 e. The second-order valence-electron chi connectivity index (χ2n) is 6.57. The number of hydrogen-bond acceptors (Lipinski definition) is 5. The lowest BCUT2D eigenvalue weighted by molar-refractivity contribution is -0.130. The number of nitrogens with zero attached hydrogens (tertiary/aromatic N) is 3. The summed E-state index contributed by atoms with van der Waals surface area (Å²) in [6.07, 6.45) is 1.86. The number of halogens is 2. The topological polar surface area (TPSA) is 59.2 Å². The van der Waals surface area contributed by atoms with Crippen molar-refractivity contribution in [2.24, 2.45) is 0 Å². The van der Waals surface area contributed by atoms with E-state index in [0.717, 1.165) is 27.4 Å². The van der Waals surface area contributed by atoms with E-state index in [-0.39, 0.29) is 30.1 Å². The van der Waals surface area contributed by atoms with Crippen molar-refractivity contribution in [3.05, 3.63) is 71.2 Å². The van der Waals surface area contributed by atoms with Gasteiger partial charge in [0.05, 0.1) is 28.5 Å². The number of carbonyl (C=O) groups excluding carboxylic acids is 1. The lowest BCUT2D eigenvalue weighted by atomic mass is 10.2. The van der Waals surface area contributed by atoms with Gasteiger partial charge in [-0.25, -0.2) is 18.7 Å². The maximum absolute atomic E-state index is 13.9. The molecule has 0 unspecified atom stereocenters. The number of aromatic nitrogens is 2. The molecule has 4 rings (SSSR count). The van der Waals surface area contributed by atoms with E-state index in [9.17, 15) is 13.6 Å². The molecular formula is C21H17F2N3O2S. The third-order valence-corrected chi connectivity index (χ3v) is 5.46. The van der Waals surface area contributed by atoms with Crippen LogP contribution >= 0.6 is 11.3 Å². The first-order valence-corrected chi connectivity index (χ1v) is 9.80. The van der Waals surface area contributed by atoms with E-state index >= 15 is 0 Å². The van der Waals surface area contributed by atoms with Crippen LogP contribution in [0.25, 0.3) is 21.5 Å². The Kier molecular flexibility index (Phi) is 5.35. The molecule has 0 aliphatic rings. The van der Waals surface area contributed by atoms with Gasteiger partial charge in [-0.2, -0.15) is 0 Å². The third-order valence-electron chi connectivity index (χ3n) is 4.44. The van der Waals surface area contributed by atoms with Gasteiger partial charge in [0.25, 0.3) is 0 Å². The zero-order valence-corrected chi connectivity index (χ0v) is 16.4. The van der Waals surface area contributed by atoms with Crippen molar-refractivity contribution in [3.8, 4) is 11.3 Å². The lowest BCUT2D eigenvalue weighted by Crippen LogP contribution is -2.26. The van der Waals surface area contributed by atoms with Crippen molar-refractivity contribution in [3.63, 3.8) is 0 Å². The van der Waals surface area contributed by atoms with Crippen molar-refractivity contribution < 1.29 is 18.0 Å². The van der Waals surface area contributed by atoms with Crippen LogP contribution in [0.2, 0.25) is 0 Å². The number of thiazole rings is 1. The summed E-state index contributed by atoms with van der Waals surface area (Å²) in [5, 5.41) is 0.868. The average molecular weight is 413 g/mol. The van der Waals surface area contributed by atoms with Crippen molar-refractivity contribution in [2.75, 3.05) is 7.05 Å². The molecule has 148 valence electrons. The predicted molar refractivity (Wildman–Crippen MR) is 106 cm³/mol. The SMILES string of the molecule is CN(Cc1nc2ccccc2s1)C(=O)CCc1ncc(-c2ccc(F)cc2F)o1. The van der Waals surface area contributed by atoms with Crippen LogP contribution in [0.5, 0.6) is 0 Å². The molecule has 8 heteroatoms. The monoisotopic (exact) mass is 413 g/mol. The van der Waals surface area contributed by atoms with Crippen LogP contribution in [-0.2, 0) is 17.8 Å². The van der Waals surface area contributed by atoms with Gasteiger partial charge in [0.1, 0.15) is 16.6 Å². The fourth-order valence-corrected chi connectivity index (χ4v) is 3.94. The van der Waals surface area contributed by atoms with E-state index in [1.54, 1.807) is 23.3 Å². The number of oxazole rings is 1. The summed E-state index contributed by atoms with van der Waals surface area (Å²) in [5.41, 5.74) is 1.05. The van der Waals surface area contributed by atoms with Gasteiger partial charge in [-0.15, -0.1) is 11.3 Å². The number of benzene rings is 2. The number of carbonyl (C=O) groups is 1. The highest BCUT2D eigenvalue weighted by atomic mass is 32.1. The summed E-state index contributed by atoms with van der Waals surface area (Å²) >= 11 is 1.56. The van der Waals surface area contributed by atoms with Crippen LogP contribution in [0.4, 0.5) is 8.78 Å². The van der Waals surface area contributed by atoms with E-state index in [4.69, 9.17) is 4.42 Å². The Bertz CT molecular complexity index is 1140. The van der Waals surface area contributed by atoms with Crippen LogP contribution < -0.4 is 0 Å². The molecule has 2 heterocycles. The van der Waals surface area contributed by atoms with Gasteiger partial charge in [-0.05, 0) is 24.3 Å². The highest BCUT2D eigenvalue weighted by Gasteiger charge is 2.16. The highest BCUT2D eigenvalue weighted by molar-refractivity contribution is 7.18. The molecule has 0 atom stereocenters. The molecule has 0 aliphatic heterocycles. The molecule has 0 aliphatic carbocycles. The van der Waals surface area contributed by atoms with Gasteiger partial charge in [-0.3, -0.25) is 4.79 Å². The first-order chi connectivity index (χ1) is 14.0. The summed E-state index contributed by atoms with van der Waals surface area (Å²) < 4.78 is 33.5. The number of aryl methyl sites for hydroxylation is 1. The molecule has 2 aromatic heterocycles. The summed E-state index contributed by atoms with van der Waals surface area (Å²) in [6, 6.07) is 11.1. The van der Waals surface area contributed by atoms with E-state index in [0.29, 0.717) is 12.4 Å². The Morgan fingerprint density at radius 1 is 1.21 bits per heavy atom. The minimum atomic E-state index is -0.723. The van der Waals surface area contributed by atoms with Crippen molar-refractivity contribution >= 4 is 27.5 Å². The summed E-state index contributed by atoms with van der Waals surface area (Å²) in [6.45, 7) is 0.426. The zero-order valence-electron chi connectivity index (χ0n) is 15.6. The number of fused-ring (bicyclic) bond motifs is 1. The molecule has 4 aromatic rings. The number of para-hydroxylation sites is 1. The summed E-state index contributed by atoms with van der Waals surface area (Å²) in [4.78, 5) is 22.7. The third kappa shape index (κ3) is 4.32. The zero-order chi connectivity index (χ0) is 20.4. The van der Waals surface area contributed by atoms with Gasteiger partial charge in [0.15, 0.2) is 11.7 Å². The van der Waals surface area contributed by atoms with E-state index < -0.39 is 11.6 Å². The molecule has 0 fully saturated rings. The molecule has 0 spiro atoms. The average Bonchev–Trinajstić information content (AvgIpc) is 3.32. The van der Waals surface area contributed by atoms with E-state index in [1.165, 1.54) is 12.3 Å². The van der Waals surface area contributed by atoms with Crippen molar-refractivity contribution in [1.29, 1.82) is 0 Å². The first kappa shape index (κ1) is 19.2. The molecular weight excluding hydrogens is 396 g/mol. The Labute approximate surface area is 169 Å².